The Morgan fingerprint density at radius 3 is 2.88 bits per heavy atom. The van der Waals surface area contributed by atoms with Crippen molar-refractivity contribution in [2.75, 3.05) is 29.5 Å². The van der Waals surface area contributed by atoms with Crippen LogP contribution in [-0.2, 0) is 0 Å². The minimum absolute atomic E-state index is 0.870. The van der Waals surface area contributed by atoms with Gasteiger partial charge in [-0.3, -0.25) is 5.10 Å². The third kappa shape index (κ3) is 2.46. The van der Waals surface area contributed by atoms with Crippen molar-refractivity contribution in [3.63, 3.8) is 0 Å². The molecule has 1 aliphatic heterocycles. The first-order chi connectivity index (χ1) is 12.3. The molecule has 3 aromatic heterocycles. The zero-order chi connectivity index (χ0) is 16.8. The van der Waals surface area contributed by atoms with Crippen molar-refractivity contribution >= 4 is 34.1 Å². The number of anilines is 1. The number of aromatic nitrogens is 5. The van der Waals surface area contributed by atoms with Crippen LogP contribution >= 0.6 is 11.8 Å². The highest BCUT2D eigenvalue weighted by molar-refractivity contribution is 7.99. The summed E-state index contributed by atoms with van der Waals surface area (Å²) in [7, 11) is 0. The average molecular weight is 350 g/mol. The molecule has 0 bridgehead atoms. The van der Waals surface area contributed by atoms with E-state index in [1.807, 2.05) is 35.5 Å². The number of benzene rings is 1. The van der Waals surface area contributed by atoms with Gasteiger partial charge in [0.1, 0.15) is 5.82 Å². The molecular weight excluding hydrogens is 332 g/mol. The van der Waals surface area contributed by atoms with E-state index in [-0.39, 0.29) is 0 Å². The van der Waals surface area contributed by atoms with Gasteiger partial charge in [-0.2, -0.15) is 16.9 Å². The van der Waals surface area contributed by atoms with E-state index in [1.54, 1.807) is 0 Å². The Morgan fingerprint density at radius 1 is 1.12 bits per heavy atom. The van der Waals surface area contributed by atoms with E-state index >= 15 is 0 Å². The summed E-state index contributed by atoms with van der Waals surface area (Å²) in [6, 6.07) is 10.4. The van der Waals surface area contributed by atoms with Crippen LogP contribution in [0.25, 0.3) is 27.8 Å². The summed E-state index contributed by atoms with van der Waals surface area (Å²) >= 11 is 2.00. The molecule has 1 fully saturated rings. The molecule has 7 heteroatoms. The fourth-order valence-corrected chi connectivity index (χ4v) is 4.22. The molecule has 1 saturated heterocycles. The van der Waals surface area contributed by atoms with E-state index in [4.69, 9.17) is 5.10 Å². The lowest BCUT2D eigenvalue weighted by Gasteiger charge is -2.27. The number of thioether (sulfide) groups is 1. The van der Waals surface area contributed by atoms with Gasteiger partial charge in [-0.1, -0.05) is 6.07 Å². The minimum atomic E-state index is 0.870. The first-order valence-corrected chi connectivity index (χ1v) is 9.58. The van der Waals surface area contributed by atoms with Crippen molar-refractivity contribution in [3.05, 3.63) is 42.2 Å². The molecule has 1 aromatic carbocycles. The van der Waals surface area contributed by atoms with Crippen LogP contribution in [0.5, 0.6) is 0 Å². The van der Waals surface area contributed by atoms with Crippen LogP contribution in [0.15, 0.2) is 36.5 Å². The topological polar surface area (TPSA) is 62.1 Å². The molecule has 0 amide bonds. The van der Waals surface area contributed by atoms with Gasteiger partial charge in [-0.05, 0) is 31.2 Å². The lowest BCUT2D eigenvalue weighted by atomic mass is 10.1. The molecule has 4 aromatic rings. The molecule has 25 heavy (non-hydrogen) atoms. The SMILES string of the molecule is Cc1[nH]nc2ccc(-c3cnc4ccc(N5CCSCC5)nn34)cc12. The Kier molecular flexibility index (Phi) is 3.41. The molecule has 126 valence electrons. The summed E-state index contributed by atoms with van der Waals surface area (Å²) in [4.78, 5) is 6.88. The maximum Gasteiger partial charge on any atom is 0.154 e. The zero-order valence-corrected chi connectivity index (χ0v) is 14.8. The molecule has 1 N–H and O–H groups in total. The van der Waals surface area contributed by atoms with E-state index in [1.165, 1.54) is 0 Å². The van der Waals surface area contributed by atoms with Gasteiger partial charge < -0.3 is 4.90 Å². The summed E-state index contributed by atoms with van der Waals surface area (Å²) in [6.45, 7) is 4.14. The predicted molar refractivity (Wildman–Crippen MR) is 102 cm³/mol. The number of nitrogens with zero attached hydrogens (tertiary/aromatic N) is 5. The van der Waals surface area contributed by atoms with Gasteiger partial charge in [0.2, 0.25) is 0 Å². The average Bonchev–Trinajstić information content (AvgIpc) is 3.25. The molecule has 0 saturated carbocycles. The predicted octanol–water partition coefficient (Wildman–Crippen LogP) is 3.13. The Bertz CT molecular complexity index is 1060. The van der Waals surface area contributed by atoms with Gasteiger partial charge in [0.25, 0.3) is 0 Å². The Labute approximate surface area is 149 Å². The van der Waals surface area contributed by atoms with Crippen LogP contribution in [0.1, 0.15) is 5.69 Å². The molecule has 0 unspecified atom stereocenters. The van der Waals surface area contributed by atoms with E-state index < -0.39 is 0 Å². The molecular formula is C18H18N6S. The second-order valence-electron chi connectivity index (χ2n) is 6.28. The van der Waals surface area contributed by atoms with Crippen LogP contribution in [-0.4, -0.2) is 49.4 Å². The number of hydrogen-bond acceptors (Lipinski definition) is 5. The fourth-order valence-electron chi connectivity index (χ4n) is 3.32. The van der Waals surface area contributed by atoms with Gasteiger partial charge in [-0.15, -0.1) is 5.10 Å². The molecule has 0 atom stereocenters. The van der Waals surface area contributed by atoms with Crippen LogP contribution < -0.4 is 4.90 Å². The lowest BCUT2D eigenvalue weighted by Crippen LogP contribution is -2.33. The quantitative estimate of drug-likeness (QED) is 0.602. The molecule has 5 rings (SSSR count). The first-order valence-electron chi connectivity index (χ1n) is 8.42. The van der Waals surface area contributed by atoms with Gasteiger partial charge >= 0.3 is 0 Å². The van der Waals surface area contributed by atoms with Gasteiger partial charge in [-0.25, -0.2) is 9.50 Å². The van der Waals surface area contributed by atoms with E-state index in [9.17, 15) is 0 Å². The number of imidazole rings is 1. The first kappa shape index (κ1) is 14.8. The Hall–Kier alpha value is -2.54. The molecule has 0 spiro atoms. The molecule has 0 radical (unpaired) electrons. The maximum absolute atomic E-state index is 4.87. The van der Waals surface area contributed by atoms with Gasteiger partial charge in [0.15, 0.2) is 5.65 Å². The van der Waals surface area contributed by atoms with Crippen molar-refractivity contribution in [1.82, 2.24) is 24.8 Å². The Morgan fingerprint density at radius 2 is 2.00 bits per heavy atom. The standard InChI is InChI=1S/C18H18N6S/c1-12-14-10-13(2-3-15(14)21-20-12)16-11-19-17-4-5-18(22-24(16)17)23-6-8-25-9-7-23/h2-5,10-11H,6-9H2,1H3,(H,20,21). The molecule has 1 aliphatic rings. The maximum atomic E-state index is 4.87. The van der Waals surface area contributed by atoms with Crippen LogP contribution in [0, 0.1) is 6.92 Å². The highest BCUT2D eigenvalue weighted by Gasteiger charge is 2.15. The largest absolute Gasteiger partial charge is 0.354 e. The molecule has 0 aliphatic carbocycles. The van der Waals surface area contributed by atoms with Gasteiger partial charge in [0.05, 0.1) is 17.4 Å². The van der Waals surface area contributed by atoms with E-state index in [0.717, 1.165) is 63.9 Å². The second kappa shape index (κ2) is 5.77. The van der Waals surface area contributed by atoms with Crippen LogP contribution in [0.2, 0.25) is 0 Å². The third-order valence-electron chi connectivity index (χ3n) is 4.72. The Balaban J connectivity index is 1.63. The number of H-pyrrole nitrogens is 1. The number of fused-ring (bicyclic) bond motifs is 2. The number of nitrogens with one attached hydrogen (secondary N) is 1. The molecule has 6 nitrogen and oxygen atoms in total. The van der Waals surface area contributed by atoms with Crippen LogP contribution in [0.4, 0.5) is 5.82 Å². The number of aromatic amines is 1. The monoisotopic (exact) mass is 350 g/mol. The van der Waals surface area contributed by atoms with E-state index in [0.29, 0.717) is 0 Å². The minimum Gasteiger partial charge on any atom is -0.354 e. The summed E-state index contributed by atoms with van der Waals surface area (Å²) in [5, 5.41) is 13.4. The normalized spacial score (nSPS) is 15.3. The van der Waals surface area contributed by atoms with Crippen LogP contribution in [0.3, 0.4) is 0 Å². The van der Waals surface area contributed by atoms with Crippen molar-refractivity contribution in [3.8, 4) is 11.3 Å². The smallest absolute Gasteiger partial charge is 0.154 e. The highest BCUT2D eigenvalue weighted by Crippen LogP contribution is 2.26. The third-order valence-corrected chi connectivity index (χ3v) is 5.67. The molecule has 4 heterocycles. The lowest BCUT2D eigenvalue weighted by molar-refractivity contribution is 0.805. The number of hydrogen-bond donors (Lipinski definition) is 1. The van der Waals surface area contributed by atoms with Crippen molar-refractivity contribution in [2.24, 2.45) is 0 Å². The summed E-state index contributed by atoms with van der Waals surface area (Å²) in [5.41, 5.74) is 5.03. The second-order valence-corrected chi connectivity index (χ2v) is 7.51. The van der Waals surface area contributed by atoms with Crippen molar-refractivity contribution < 1.29 is 0 Å². The van der Waals surface area contributed by atoms with Crippen molar-refractivity contribution in [2.45, 2.75) is 6.92 Å². The zero-order valence-electron chi connectivity index (χ0n) is 13.9. The summed E-state index contributed by atoms with van der Waals surface area (Å²) in [6.07, 6.45) is 1.90. The van der Waals surface area contributed by atoms with Gasteiger partial charge in [0, 0.05) is 41.2 Å². The highest BCUT2D eigenvalue weighted by atomic mass is 32.2. The van der Waals surface area contributed by atoms with Crippen molar-refractivity contribution in [1.29, 1.82) is 0 Å². The fraction of sp³-hybridized carbons (Fsp3) is 0.278. The van der Waals surface area contributed by atoms with E-state index in [2.05, 4.69) is 44.3 Å². The number of rotatable bonds is 2. The number of aryl methyl sites for hydroxylation is 1. The summed E-state index contributed by atoms with van der Waals surface area (Å²) in [5.74, 6) is 3.34. The summed E-state index contributed by atoms with van der Waals surface area (Å²) < 4.78 is 1.95.